The minimum absolute atomic E-state index is 0.0842. The van der Waals surface area contributed by atoms with E-state index in [1.165, 1.54) is 0 Å². The van der Waals surface area contributed by atoms with Gasteiger partial charge in [-0.1, -0.05) is 60.7 Å². The highest BCUT2D eigenvalue weighted by Gasteiger charge is 2.60. The molecule has 5 aliphatic carbocycles. The number of amides is 1. The second-order valence-corrected chi connectivity index (χ2v) is 11.0. The van der Waals surface area contributed by atoms with E-state index in [0.717, 1.165) is 16.7 Å². The maximum atomic E-state index is 14.2. The van der Waals surface area contributed by atoms with Crippen molar-refractivity contribution in [2.24, 2.45) is 29.4 Å². The lowest BCUT2D eigenvalue weighted by molar-refractivity contribution is -0.129. The molecule has 1 saturated carbocycles. The maximum absolute atomic E-state index is 14.2. The lowest BCUT2D eigenvalue weighted by atomic mass is 9.57. The zero-order chi connectivity index (χ0) is 27.6. The molecule has 1 aromatic carbocycles. The van der Waals surface area contributed by atoms with Gasteiger partial charge >= 0.3 is 0 Å². The summed E-state index contributed by atoms with van der Waals surface area (Å²) in [5.74, 6) is -6.90. The fourth-order valence-corrected chi connectivity index (χ4v) is 7.07. The average Bonchev–Trinajstić information content (AvgIpc) is 2.91. The van der Waals surface area contributed by atoms with Crippen molar-refractivity contribution in [3.8, 4) is 0 Å². The number of hydrogen-bond acceptors (Lipinski definition) is 7. The summed E-state index contributed by atoms with van der Waals surface area (Å²) in [6, 6.07) is 9.60. The summed E-state index contributed by atoms with van der Waals surface area (Å²) in [4.78, 5) is 38.7. The highest BCUT2D eigenvalue weighted by molar-refractivity contribution is 6.20. The Morgan fingerprint density at radius 1 is 1.03 bits per heavy atom. The number of allylic oxidation sites excluding steroid dienone is 7. The Labute approximate surface area is 224 Å². The zero-order valence-electron chi connectivity index (χ0n) is 21.1. The van der Waals surface area contributed by atoms with Crippen LogP contribution in [0.25, 0.3) is 5.57 Å². The van der Waals surface area contributed by atoms with Gasteiger partial charge in [-0.15, -0.1) is 0 Å². The van der Waals surface area contributed by atoms with Crippen LogP contribution < -0.4 is 5.73 Å². The third kappa shape index (κ3) is 3.62. The topological polar surface area (TPSA) is 158 Å². The number of primary amides is 1. The van der Waals surface area contributed by atoms with E-state index in [-0.39, 0.29) is 24.3 Å². The van der Waals surface area contributed by atoms with Crippen molar-refractivity contribution in [3.05, 3.63) is 100 Å². The first-order valence-electron chi connectivity index (χ1n) is 13.1. The van der Waals surface area contributed by atoms with Crippen molar-refractivity contribution in [2.45, 2.75) is 37.4 Å². The molecule has 0 radical (unpaired) electrons. The first-order chi connectivity index (χ1) is 18.6. The van der Waals surface area contributed by atoms with Crippen LogP contribution in [-0.4, -0.2) is 49.6 Å². The van der Waals surface area contributed by atoms with Gasteiger partial charge in [0, 0.05) is 23.8 Å². The van der Waals surface area contributed by atoms with Crippen LogP contribution in [0.3, 0.4) is 0 Å². The molecule has 0 aliphatic heterocycles. The molecule has 6 atom stereocenters. The molecular formula is C31H29NO7. The standard InChI is InChI=1S/C31H29NO7/c32-30(38)25-22(33)13-18-11-17-12-21-19(15-7-3-1-4-8-15)14-20(16-9-5-2-6-10-16)26(34)24(21)27(35)23(17)28(36)31(18,39)29(25)37/h1-9,14,16-18,24,26,34,36-37,39H,10-13H2,(H2,32,38)/t16?,17-,18+,24?,26?,31+/m1/s1. The van der Waals surface area contributed by atoms with Gasteiger partial charge < -0.3 is 26.2 Å². The molecule has 0 aromatic heterocycles. The number of aliphatic hydroxyl groups excluding tert-OH is 3. The van der Waals surface area contributed by atoms with Crippen LogP contribution in [0.15, 0.2) is 94.5 Å². The Kier molecular flexibility index (Phi) is 5.86. The van der Waals surface area contributed by atoms with Gasteiger partial charge in [0.05, 0.1) is 12.0 Å². The van der Waals surface area contributed by atoms with Gasteiger partial charge in [0.15, 0.2) is 17.2 Å². The van der Waals surface area contributed by atoms with Gasteiger partial charge in [0.2, 0.25) is 0 Å². The molecule has 0 heterocycles. The van der Waals surface area contributed by atoms with E-state index in [1.807, 2.05) is 60.7 Å². The van der Waals surface area contributed by atoms with Crippen LogP contribution in [0.5, 0.6) is 0 Å². The number of fused-ring (bicyclic) bond motifs is 3. The number of nitrogens with two attached hydrogens (primary N) is 1. The summed E-state index contributed by atoms with van der Waals surface area (Å²) in [5.41, 5.74) is 5.11. The van der Waals surface area contributed by atoms with E-state index in [4.69, 9.17) is 5.73 Å². The fourth-order valence-electron chi connectivity index (χ4n) is 7.07. The zero-order valence-corrected chi connectivity index (χ0v) is 21.1. The fraction of sp³-hybridized carbons (Fsp3) is 0.323. The second-order valence-electron chi connectivity index (χ2n) is 11.0. The van der Waals surface area contributed by atoms with Gasteiger partial charge in [-0.3, -0.25) is 14.4 Å². The van der Waals surface area contributed by atoms with Gasteiger partial charge in [0.1, 0.15) is 17.1 Å². The van der Waals surface area contributed by atoms with E-state index >= 15 is 0 Å². The van der Waals surface area contributed by atoms with Crippen molar-refractivity contribution < 1.29 is 34.8 Å². The Bertz CT molecular complexity index is 1490. The molecule has 0 spiro atoms. The third-order valence-corrected chi connectivity index (χ3v) is 8.94. The molecule has 8 nitrogen and oxygen atoms in total. The summed E-state index contributed by atoms with van der Waals surface area (Å²) >= 11 is 0. The number of carbonyl (C=O) groups is 3. The number of ketones is 2. The summed E-state index contributed by atoms with van der Waals surface area (Å²) in [5, 5.41) is 45.4. The molecule has 1 aromatic rings. The van der Waals surface area contributed by atoms with Crippen LogP contribution in [0.2, 0.25) is 0 Å². The maximum Gasteiger partial charge on any atom is 0.255 e. The molecular weight excluding hydrogens is 498 g/mol. The Morgan fingerprint density at radius 2 is 1.77 bits per heavy atom. The molecule has 0 bridgehead atoms. The molecule has 1 amide bonds. The van der Waals surface area contributed by atoms with E-state index in [0.29, 0.717) is 18.4 Å². The highest BCUT2D eigenvalue weighted by Crippen LogP contribution is 2.55. The molecule has 39 heavy (non-hydrogen) atoms. The smallest absolute Gasteiger partial charge is 0.255 e. The lowest BCUT2D eigenvalue weighted by Crippen LogP contribution is -2.55. The summed E-state index contributed by atoms with van der Waals surface area (Å²) in [7, 11) is 0. The predicted octanol–water partition coefficient (Wildman–Crippen LogP) is 2.91. The predicted molar refractivity (Wildman–Crippen MR) is 142 cm³/mol. The Hall–Kier alpha value is -4.01. The van der Waals surface area contributed by atoms with Crippen molar-refractivity contribution in [1.29, 1.82) is 0 Å². The molecule has 0 saturated heterocycles. The lowest BCUT2D eigenvalue weighted by Gasteiger charge is -2.48. The SMILES string of the molecule is NC(=O)C1=C(O)[C@@]2(O)C(O)=C3C(=O)C4C(=C(c5ccccc5)C=C(C5C=CC=CC5)C4O)C[C@H]3C[C@H]2CC1=O. The van der Waals surface area contributed by atoms with E-state index in [1.54, 1.807) is 0 Å². The largest absolute Gasteiger partial charge is 0.508 e. The van der Waals surface area contributed by atoms with Gasteiger partial charge in [0.25, 0.3) is 5.91 Å². The number of benzene rings is 1. The number of hydrogen-bond donors (Lipinski definition) is 5. The number of aliphatic hydroxyl groups is 4. The summed E-state index contributed by atoms with van der Waals surface area (Å²) in [6.45, 7) is 0. The second kappa shape index (κ2) is 9.03. The highest BCUT2D eigenvalue weighted by atomic mass is 16.4. The normalized spacial score (nSPS) is 34.0. The van der Waals surface area contributed by atoms with Crippen LogP contribution in [0.1, 0.15) is 31.2 Å². The van der Waals surface area contributed by atoms with Crippen LogP contribution in [-0.2, 0) is 14.4 Å². The Balaban J connectivity index is 1.53. The van der Waals surface area contributed by atoms with Crippen LogP contribution >= 0.6 is 0 Å². The van der Waals surface area contributed by atoms with Gasteiger partial charge in [-0.25, -0.2) is 0 Å². The summed E-state index contributed by atoms with van der Waals surface area (Å²) < 4.78 is 0. The third-order valence-electron chi connectivity index (χ3n) is 8.94. The van der Waals surface area contributed by atoms with E-state index < -0.39 is 64.0 Å². The first-order valence-corrected chi connectivity index (χ1v) is 13.1. The minimum atomic E-state index is -2.49. The number of Topliss-reactive ketones (excluding diaryl/α,β-unsaturated/α-hetero) is 2. The van der Waals surface area contributed by atoms with Crippen molar-refractivity contribution in [3.63, 3.8) is 0 Å². The van der Waals surface area contributed by atoms with Gasteiger partial charge in [-0.05, 0) is 47.5 Å². The quantitative estimate of drug-likeness (QED) is 0.378. The van der Waals surface area contributed by atoms with Crippen LogP contribution in [0.4, 0.5) is 0 Å². The average molecular weight is 528 g/mol. The molecule has 1 fully saturated rings. The molecule has 6 N–H and O–H groups in total. The van der Waals surface area contributed by atoms with Gasteiger partial charge in [-0.2, -0.15) is 0 Å². The molecule has 6 rings (SSSR count). The van der Waals surface area contributed by atoms with Crippen LogP contribution in [0, 0.1) is 23.7 Å². The first kappa shape index (κ1) is 25.3. The van der Waals surface area contributed by atoms with E-state index in [2.05, 4.69) is 0 Å². The molecule has 8 heteroatoms. The molecule has 200 valence electrons. The van der Waals surface area contributed by atoms with Crippen molar-refractivity contribution >= 4 is 23.0 Å². The van der Waals surface area contributed by atoms with E-state index in [9.17, 15) is 34.8 Å². The number of carbonyl (C=O) groups excluding carboxylic acids is 3. The molecule has 3 unspecified atom stereocenters. The summed E-state index contributed by atoms with van der Waals surface area (Å²) in [6.07, 6.45) is 9.41. The Morgan fingerprint density at radius 3 is 2.44 bits per heavy atom. The van der Waals surface area contributed by atoms with Crippen molar-refractivity contribution in [1.82, 2.24) is 0 Å². The molecule has 5 aliphatic rings. The minimum Gasteiger partial charge on any atom is -0.508 e. The monoisotopic (exact) mass is 527 g/mol. The number of rotatable bonds is 3. The van der Waals surface area contributed by atoms with Crippen molar-refractivity contribution in [2.75, 3.05) is 0 Å².